The van der Waals surface area contributed by atoms with Gasteiger partial charge in [0.1, 0.15) is 0 Å². The lowest BCUT2D eigenvalue weighted by Crippen LogP contribution is -2.19. The predicted octanol–water partition coefficient (Wildman–Crippen LogP) is 1.71. The summed E-state index contributed by atoms with van der Waals surface area (Å²) in [5.74, 6) is -0.453. The van der Waals surface area contributed by atoms with Crippen LogP contribution in [0.25, 0.3) is 0 Å². The van der Waals surface area contributed by atoms with Crippen molar-refractivity contribution in [3.63, 3.8) is 0 Å². The fraction of sp³-hybridized carbons (Fsp3) is 0.385. The molecule has 0 radical (unpaired) electrons. The molecule has 0 heterocycles. The molecular formula is C13H17N3O2. The molecule has 0 aliphatic heterocycles. The minimum Gasteiger partial charge on any atom is -0.465 e. The van der Waals surface area contributed by atoms with Crippen molar-refractivity contribution in [3.8, 4) is 6.07 Å². The summed E-state index contributed by atoms with van der Waals surface area (Å²) in [5, 5.41) is 8.57. The SMILES string of the molecule is COC(=O)c1cc(N(C)CCC#N)cc(C)c1N. The number of carbonyl (C=O) groups is 1. The smallest absolute Gasteiger partial charge is 0.340 e. The van der Waals surface area contributed by atoms with Crippen LogP contribution in [0.4, 0.5) is 11.4 Å². The van der Waals surface area contributed by atoms with Gasteiger partial charge in [-0.15, -0.1) is 0 Å². The molecule has 18 heavy (non-hydrogen) atoms. The summed E-state index contributed by atoms with van der Waals surface area (Å²) in [6.07, 6.45) is 0.424. The molecule has 0 amide bonds. The summed E-state index contributed by atoms with van der Waals surface area (Å²) >= 11 is 0. The average molecular weight is 247 g/mol. The average Bonchev–Trinajstić information content (AvgIpc) is 2.37. The highest BCUT2D eigenvalue weighted by atomic mass is 16.5. The van der Waals surface area contributed by atoms with Crippen LogP contribution in [0.2, 0.25) is 0 Å². The summed E-state index contributed by atoms with van der Waals surface area (Å²) in [5.41, 5.74) is 8.31. The van der Waals surface area contributed by atoms with Crippen molar-refractivity contribution >= 4 is 17.3 Å². The van der Waals surface area contributed by atoms with Crippen LogP contribution in [0.3, 0.4) is 0 Å². The molecule has 0 spiro atoms. The number of nitrogen functional groups attached to an aromatic ring is 1. The molecule has 1 aromatic rings. The topological polar surface area (TPSA) is 79.3 Å². The van der Waals surface area contributed by atoms with Crippen molar-refractivity contribution in [2.45, 2.75) is 13.3 Å². The molecule has 1 rings (SSSR count). The maximum Gasteiger partial charge on any atom is 0.340 e. The number of ether oxygens (including phenoxy) is 1. The van der Waals surface area contributed by atoms with Gasteiger partial charge < -0.3 is 15.4 Å². The van der Waals surface area contributed by atoms with E-state index in [1.165, 1.54) is 7.11 Å². The van der Waals surface area contributed by atoms with Crippen LogP contribution in [0.5, 0.6) is 0 Å². The number of nitriles is 1. The molecule has 0 unspecified atom stereocenters. The Labute approximate surface area is 107 Å². The number of nitrogens with zero attached hydrogens (tertiary/aromatic N) is 2. The first-order valence-corrected chi connectivity index (χ1v) is 5.57. The first-order valence-electron chi connectivity index (χ1n) is 5.57. The number of hydrogen-bond donors (Lipinski definition) is 1. The van der Waals surface area contributed by atoms with E-state index in [9.17, 15) is 4.79 Å². The summed E-state index contributed by atoms with van der Waals surface area (Å²) in [4.78, 5) is 13.5. The third-order valence-corrected chi connectivity index (χ3v) is 2.78. The molecule has 0 aromatic heterocycles. The quantitative estimate of drug-likeness (QED) is 0.647. The Balaban J connectivity index is 3.12. The van der Waals surface area contributed by atoms with Crippen LogP contribution in [0.15, 0.2) is 12.1 Å². The Kier molecular flexibility index (Phi) is 4.55. The van der Waals surface area contributed by atoms with Crippen LogP contribution in [-0.2, 0) is 4.74 Å². The number of aryl methyl sites for hydroxylation is 1. The molecule has 96 valence electrons. The van der Waals surface area contributed by atoms with E-state index in [1.54, 1.807) is 6.07 Å². The fourth-order valence-corrected chi connectivity index (χ4v) is 1.63. The van der Waals surface area contributed by atoms with Crippen molar-refractivity contribution in [1.29, 1.82) is 5.26 Å². The molecule has 0 bridgehead atoms. The summed E-state index contributed by atoms with van der Waals surface area (Å²) in [7, 11) is 3.19. The Morgan fingerprint density at radius 1 is 1.56 bits per heavy atom. The number of nitrogens with two attached hydrogens (primary N) is 1. The number of benzene rings is 1. The van der Waals surface area contributed by atoms with Crippen LogP contribution < -0.4 is 10.6 Å². The fourth-order valence-electron chi connectivity index (χ4n) is 1.63. The first kappa shape index (κ1) is 13.8. The number of anilines is 2. The zero-order valence-electron chi connectivity index (χ0n) is 10.9. The highest BCUT2D eigenvalue weighted by molar-refractivity contribution is 5.97. The van der Waals surface area contributed by atoms with Crippen molar-refractivity contribution in [2.75, 3.05) is 31.3 Å². The predicted molar refractivity (Wildman–Crippen MR) is 70.4 cm³/mol. The van der Waals surface area contributed by atoms with Crippen molar-refractivity contribution < 1.29 is 9.53 Å². The summed E-state index contributed by atoms with van der Waals surface area (Å²) in [6, 6.07) is 5.66. The largest absolute Gasteiger partial charge is 0.465 e. The Bertz CT molecular complexity index is 492. The lowest BCUT2D eigenvalue weighted by atomic mass is 10.1. The standard InChI is InChI=1S/C13H17N3O2/c1-9-7-10(16(2)6-4-5-14)8-11(12(9)15)13(17)18-3/h7-8H,4,6,15H2,1-3H3. The Morgan fingerprint density at radius 2 is 2.22 bits per heavy atom. The summed E-state index contributed by atoms with van der Waals surface area (Å²) < 4.78 is 4.70. The molecule has 0 fully saturated rings. The van der Waals surface area contributed by atoms with E-state index in [1.807, 2.05) is 24.9 Å². The molecule has 0 saturated heterocycles. The van der Waals surface area contributed by atoms with Crippen molar-refractivity contribution in [1.82, 2.24) is 0 Å². The van der Waals surface area contributed by atoms with E-state index < -0.39 is 5.97 Å². The van der Waals surface area contributed by atoms with E-state index in [4.69, 9.17) is 15.7 Å². The van der Waals surface area contributed by atoms with Gasteiger partial charge in [0.25, 0.3) is 0 Å². The monoisotopic (exact) mass is 247 g/mol. The molecule has 1 aromatic carbocycles. The van der Waals surface area contributed by atoms with Crippen LogP contribution >= 0.6 is 0 Å². The zero-order chi connectivity index (χ0) is 13.7. The van der Waals surface area contributed by atoms with E-state index in [0.29, 0.717) is 24.2 Å². The lowest BCUT2D eigenvalue weighted by molar-refractivity contribution is 0.0602. The van der Waals surface area contributed by atoms with E-state index >= 15 is 0 Å². The van der Waals surface area contributed by atoms with Crippen LogP contribution in [-0.4, -0.2) is 26.7 Å². The van der Waals surface area contributed by atoms with E-state index in [-0.39, 0.29) is 0 Å². The second kappa shape index (κ2) is 5.92. The highest BCUT2D eigenvalue weighted by Crippen LogP contribution is 2.25. The second-order valence-corrected chi connectivity index (χ2v) is 4.05. The molecule has 0 saturated carbocycles. The van der Waals surface area contributed by atoms with Gasteiger partial charge in [-0.05, 0) is 24.6 Å². The summed E-state index contributed by atoms with van der Waals surface area (Å²) in [6.45, 7) is 2.43. The molecule has 5 heteroatoms. The second-order valence-electron chi connectivity index (χ2n) is 4.05. The number of carbonyl (C=O) groups excluding carboxylic acids is 1. The van der Waals surface area contributed by atoms with Gasteiger partial charge in [-0.2, -0.15) is 5.26 Å². The highest BCUT2D eigenvalue weighted by Gasteiger charge is 2.14. The normalized spacial score (nSPS) is 9.67. The van der Waals surface area contributed by atoms with Crippen LogP contribution in [0.1, 0.15) is 22.3 Å². The molecule has 0 atom stereocenters. The van der Waals surface area contributed by atoms with Crippen molar-refractivity contribution in [2.24, 2.45) is 0 Å². The van der Waals surface area contributed by atoms with Gasteiger partial charge in [0.05, 0.1) is 25.2 Å². The van der Waals surface area contributed by atoms with Crippen LogP contribution in [0, 0.1) is 18.3 Å². The molecule has 2 N–H and O–H groups in total. The van der Waals surface area contributed by atoms with Gasteiger partial charge in [-0.1, -0.05) is 0 Å². The van der Waals surface area contributed by atoms with E-state index in [0.717, 1.165) is 11.3 Å². The molecular weight excluding hydrogens is 230 g/mol. The number of hydrogen-bond acceptors (Lipinski definition) is 5. The van der Waals surface area contributed by atoms with Gasteiger partial charge in [-0.3, -0.25) is 0 Å². The third-order valence-electron chi connectivity index (χ3n) is 2.78. The third kappa shape index (κ3) is 2.92. The van der Waals surface area contributed by atoms with Gasteiger partial charge in [0, 0.05) is 25.0 Å². The minimum absolute atomic E-state index is 0.358. The molecule has 0 aliphatic rings. The Hall–Kier alpha value is -2.22. The van der Waals surface area contributed by atoms with Crippen molar-refractivity contribution in [3.05, 3.63) is 23.3 Å². The van der Waals surface area contributed by atoms with E-state index in [2.05, 4.69) is 6.07 Å². The number of rotatable bonds is 4. The number of esters is 1. The Morgan fingerprint density at radius 3 is 2.78 bits per heavy atom. The molecule has 5 nitrogen and oxygen atoms in total. The lowest BCUT2D eigenvalue weighted by Gasteiger charge is -2.20. The van der Waals surface area contributed by atoms with Gasteiger partial charge >= 0.3 is 5.97 Å². The van der Waals surface area contributed by atoms with Gasteiger partial charge in [-0.25, -0.2) is 4.79 Å². The zero-order valence-corrected chi connectivity index (χ0v) is 10.9. The maximum atomic E-state index is 11.6. The van der Waals surface area contributed by atoms with Gasteiger partial charge in [0.15, 0.2) is 0 Å². The van der Waals surface area contributed by atoms with Gasteiger partial charge in [0.2, 0.25) is 0 Å². The maximum absolute atomic E-state index is 11.6. The number of methoxy groups -OCH3 is 1. The minimum atomic E-state index is -0.453. The first-order chi connectivity index (χ1) is 8.51. The molecule has 0 aliphatic carbocycles.